The van der Waals surface area contributed by atoms with E-state index in [2.05, 4.69) is 4.98 Å². The number of hydrogen-bond acceptors (Lipinski definition) is 5. The predicted octanol–water partition coefficient (Wildman–Crippen LogP) is 6.21. The molecule has 190 valence electrons. The molecule has 6 heteroatoms. The summed E-state index contributed by atoms with van der Waals surface area (Å²) in [5.74, 6) is -0.962. The quantitative estimate of drug-likeness (QED) is 0.192. The fraction of sp³-hybridized carbons (Fsp3) is 0.156. The van der Waals surface area contributed by atoms with E-state index in [1.54, 1.807) is 42.7 Å². The largest absolute Gasteiger partial charge is 0.507 e. The number of amides is 1. The molecule has 1 amide bonds. The molecule has 0 radical (unpaired) electrons. The number of ketones is 1. The summed E-state index contributed by atoms with van der Waals surface area (Å²) in [6, 6.07) is 23.5. The second-order valence-corrected chi connectivity index (χ2v) is 9.42. The third kappa shape index (κ3) is 4.57. The first-order valence-corrected chi connectivity index (χ1v) is 12.4. The van der Waals surface area contributed by atoms with Crippen molar-refractivity contribution in [3.8, 4) is 5.75 Å². The number of aryl methyl sites for hydroxylation is 2. The van der Waals surface area contributed by atoms with Gasteiger partial charge in [0.2, 0.25) is 0 Å². The lowest BCUT2D eigenvalue weighted by atomic mass is 9.95. The van der Waals surface area contributed by atoms with Crippen molar-refractivity contribution in [1.29, 1.82) is 0 Å². The molecule has 0 spiro atoms. The number of hydrogen-bond donors (Lipinski definition) is 1. The van der Waals surface area contributed by atoms with Crippen molar-refractivity contribution in [3.63, 3.8) is 0 Å². The molecule has 5 rings (SSSR count). The van der Waals surface area contributed by atoms with Crippen molar-refractivity contribution in [1.82, 2.24) is 4.98 Å². The second kappa shape index (κ2) is 10.3. The summed E-state index contributed by atoms with van der Waals surface area (Å²) in [5, 5.41) is 11.5. The number of nitrogens with zero attached hydrogens (tertiary/aromatic N) is 2. The smallest absolute Gasteiger partial charge is 0.300 e. The Morgan fingerprint density at radius 2 is 1.63 bits per heavy atom. The summed E-state index contributed by atoms with van der Waals surface area (Å²) in [5.41, 5.74) is 5.53. The van der Waals surface area contributed by atoms with Crippen LogP contribution in [0.25, 0.3) is 5.76 Å². The van der Waals surface area contributed by atoms with Crippen LogP contribution >= 0.6 is 0 Å². The molecule has 1 N–H and O–H groups in total. The minimum absolute atomic E-state index is 0.0412. The molecule has 1 aromatic heterocycles. The number of aromatic nitrogens is 1. The Hall–Kier alpha value is -4.71. The molecule has 0 bridgehead atoms. The number of carbonyl (C=O) groups is 2. The number of anilines is 1. The van der Waals surface area contributed by atoms with Crippen LogP contribution in [0.1, 0.15) is 39.4 Å². The minimum atomic E-state index is -0.798. The van der Waals surface area contributed by atoms with E-state index in [9.17, 15) is 14.7 Å². The lowest BCUT2D eigenvalue weighted by Crippen LogP contribution is -2.30. The van der Waals surface area contributed by atoms with E-state index in [-0.39, 0.29) is 11.3 Å². The van der Waals surface area contributed by atoms with Gasteiger partial charge in [-0.25, -0.2) is 0 Å². The lowest BCUT2D eigenvalue weighted by molar-refractivity contribution is -0.132. The van der Waals surface area contributed by atoms with Crippen LogP contribution in [0, 0.1) is 20.8 Å². The second-order valence-electron chi connectivity index (χ2n) is 9.42. The molecule has 1 aliphatic heterocycles. The number of rotatable bonds is 6. The van der Waals surface area contributed by atoms with E-state index >= 15 is 0 Å². The molecule has 2 heterocycles. The summed E-state index contributed by atoms with van der Waals surface area (Å²) in [7, 11) is 0. The molecule has 4 aromatic rings. The Kier molecular flexibility index (Phi) is 6.79. The van der Waals surface area contributed by atoms with Crippen LogP contribution in [0.5, 0.6) is 5.75 Å². The summed E-state index contributed by atoms with van der Waals surface area (Å²) in [4.78, 5) is 32.5. The first-order chi connectivity index (χ1) is 18.4. The zero-order valence-electron chi connectivity index (χ0n) is 21.5. The van der Waals surface area contributed by atoms with E-state index < -0.39 is 17.7 Å². The third-order valence-electron chi connectivity index (χ3n) is 6.99. The Morgan fingerprint density at radius 3 is 2.34 bits per heavy atom. The number of carbonyl (C=O) groups excluding carboxylic acids is 2. The molecule has 1 fully saturated rings. The number of ether oxygens (including phenoxy) is 1. The van der Waals surface area contributed by atoms with Gasteiger partial charge >= 0.3 is 0 Å². The van der Waals surface area contributed by atoms with E-state index in [1.807, 2.05) is 69.3 Å². The van der Waals surface area contributed by atoms with Crippen LogP contribution in [0.3, 0.4) is 0 Å². The van der Waals surface area contributed by atoms with Crippen LogP contribution in [-0.2, 0) is 16.2 Å². The van der Waals surface area contributed by atoms with Gasteiger partial charge in [-0.15, -0.1) is 0 Å². The number of aliphatic hydroxyl groups is 1. The molecule has 0 aliphatic carbocycles. The molecule has 1 aliphatic rings. The third-order valence-corrected chi connectivity index (χ3v) is 6.99. The van der Waals surface area contributed by atoms with Crippen molar-refractivity contribution < 1.29 is 19.4 Å². The van der Waals surface area contributed by atoms with E-state index in [4.69, 9.17) is 4.74 Å². The Morgan fingerprint density at radius 1 is 0.895 bits per heavy atom. The van der Waals surface area contributed by atoms with Gasteiger partial charge in [-0.1, -0.05) is 42.5 Å². The molecular formula is C32H28N2O4. The van der Waals surface area contributed by atoms with Crippen LogP contribution in [-0.4, -0.2) is 21.8 Å². The van der Waals surface area contributed by atoms with Gasteiger partial charge in [-0.2, -0.15) is 0 Å². The summed E-state index contributed by atoms with van der Waals surface area (Å²) in [6.07, 6.45) is 3.23. The monoisotopic (exact) mass is 504 g/mol. The molecule has 3 aromatic carbocycles. The van der Waals surface area contributed by atoms with Crippen molar-refractivity contribution in [2.24, 2.45) is 0 Å². The van der Waals surface area contributed by atoms with Crippen LogP contribution in [0.2, 0.25) is 0 Å². The lowest BCUT2D eigenvalue weighted by Gasteiger charge is -2.27. The van der Waals surface area contributed by atoms with Crippen LogP contribution in [0.4, 0.5) is 5.69 Å². The van der Waals surface area contributed by atoms with E-state index in [0.29, 0.717) is 29.2 Å². The van der Waals surface area contributed by atoms with Gasteiger partial charge in [0.1, 0.15) is 18.1 Å². The Bertz CT molecular complexity index is 1540. The predicted molar refractivity (Wildman–Crippen MR) is 147 cm³/mol. The highest BCUT2D eigenvalue weighted by Crippen LogP contribution is 2.43. The SMILES string of the molecule is Cc1cc(/C(O)=C2\C(=O)C(=O)N(c3cccc(C)c3C)C2c2ccncc2)ccc1OCc1ccccc1. The van der Waals surface area contributed by atoms with Gasteiger partial charge in [0, 0.05) is 23.6 Å². The minimum Gasteiger partial charge on any atom is -0.507 e. The van der Waals surface area contributed by atoms with Crippen molar-refractivity contribution >= 4 is 23.1 Å². The van der Waals surface area contributed by atoms with Gasteiger partial charge < -0.3 is 9.84 Å². The highest BCUT2D eigenvalue weighted by Gasteiger charge is 2.47. The number of pyridine rings is 1. The van der Waals surface area contributed by atoms with E-state index in [1.165, 1.54) is 4.90 Å². The average molecular weight is 505 g/mol. The van der Waals surface area contributed by atoms with Gasteiger partial charge in [-0.05, 0) is 85.0 Å². The summed E-state index contributed by atoms with van der Waals surface area (Å²) in [6.45, 7) is 6.17. The zero-order chi connectivity index (χ0) is 26.8. The number of Topliss-reactive ketones (excluding diaryl/α,β-unsaturated/α-hetero) is 1. The van der Waals surface area contributed by atoms with Gasteiger partial charge in [0.05, 0.1) is 11.6 Å². The molecule has 6 nitrogen and oxygen atoms in total. The van der Waals surface area contributed by atoms with Gasteiger partial charge in [-0.3, -0.25) is 19.5 Å². The van der Waals surface area contributed by atoms with Crippen LogP contribution < -0.4 is 9.64 Å². The van der Waals surface area contributed by atoms with E-state index in [0.717, 1.165) is 22.3 Å². The van der Waals surface area contributed by atoms with Crippen molar-refractivity contribution in [2.75, 3.05) is 4.90 Å². The fourth-order valence-electron chi connectivity index (χ4n) is 4.79. The average Bonchev–Trinajstić information content (AvgIpc) is 3.20. The highest BCUT2D eigenvalue weighted by atomic mass is 16.5. The summed E-state index contributed by atoms with van der Waals surface area (Å²) >= 11 is 0. The molecule has 0 saturated carbocycles. The molecule has 1 unspecified atom stereocenters. The molecule has 1 atom stereocenters. The van der Waals surface area contributed by atoms with Gasteiger partial charge in [0.25, 0.3) is 11.7 Å². The normalized spacial score (nSPS) is 16.6. The number of benzene rings is 3. The zero-order valence-corrected chi connectivity index (χ0v) is 21.5. The Labute approximate surface area is 221 Å². The maximum absolute atomic E-state index is 13.4. The van der Waals surface area contributed by atoms with Crippen LogP contribution in [0.15, 0.2) is 96.8 Å². The maximum atomic E-state index is 13.4. The fourth-order valence-corrected chi connectivity index (χ4v) is 4.79. The molecular weight excluding hydrogens is 476 g/mol. The van der Waals surface area contributed by atoms with Gasteiger partial charge in [0.15, 0.2) is 0 Å². The highest BCUT2D eigenvalue weighted by molar-refractivity contribution is 6.51. The molecule has 38 heavy (non-hydrogen) atoms. The molecule has 1 saturated heterocycles. The number of aliphatic hydroxyl groups excluding tert-OH is 1. The summed E-state index contributed by atoms with van der Waals surface area (Å²) < 4.78 is 5.98. The van der Waals surface area contributed by atoms with Crippen molar-refractivity contribution in [2.45, 2.75) is 33.4 Å². The van der Waals surface area contributed by atoms with Crippen molar-refractivity contribution in [3.05, 3.63) is 130 Å². The topological polar surface area (TPSA) is 79.7 Å². The first kappa shape index (κ1) is 25.0. The Balaban J connectivity index is 1.57. The maximum Gasteiger partial charge on any atom is 0.300 e. The first-order valence-electron chi connectivity index (χ1n) is 12.4. The standard InChI is InChI=1S/C32H28N2O4/c1-20-8-7-11-26(22(20)3)34-29(24-14-16-33-17-15-24)28(31(36)32(34)37)30(35)25-12-13-27(21(2)18-25)38-19-23-9-5-4-6-10-23/h4-18,29,35H,19H2,1-3H3/b30-28+.